The topological polar surface area (TPSA) is 95.6 Å². The third-order valence-electron chi connectivity index (χ3n) is 4.68. The van der Waals surface area contributed by atoms with Crippen LogP contribution in [0.25, 0.3) is 0 Å². The van der Waals surface area contributed by atoms with Crippen molar-refractivity contribution < 1.29 is 18.0 Å². The number of carbonyl (C=O) groups is 2. The number of hydrogen-bond acceptors (Lipinski definition) is 5. The zero-order valence-electron chi connectivity index (χ0n) is 16.6. The molecule has 2 rings (SSSR count). The Morgan fingerprint density at radius 3 is 2.19 bits per heavy atom. The number of likely N-dealkylation sites (N-methyl/N-ethyl adjacent to an activating group) is 1. The Hall–Kier alpha value is -2.09. The smallest absolute Gasteiger partial charge is 0.244 e. The fraction of sp³-hybridized carbons (Fsp3) is 0.579. The SMILES string of the molecule is CC(Nc1ccc(NC(=O)C(C)(C)C)cc1)C(=O)N(C)C1CCS(=O)(=O)C1. The van der Waals surface area contributed by atoms with Gasteiger partial charge in [0.2, 0.25) is 11.8 Å². The van der Waals surface area contributed by atoms with Crippen molar-refractivity contribution in [1.82, 2.24) is 4.90 Å². The maximum atomic E-state index is 12.6. The Labute approximate surface area is 161 Å². The third kappa shape index (κ3) is 5.69. The molecule has 8 heteroatoms. The van der Waals surface area contributed by atoms with Gasteiger partial charge in [-0.05, 0) is 37.6 Å². The maximum absolute atomic E-state index is 12.6. The highest BCUT2D eigenvalue weighted by atomic mass is 32.2. The summed E-state index contributed by atoms with van der Waals surface area (Å²) in [4.78, 5) is 26.1. The monoisotopic (exact) mass is 395 g/mol. The third-order valence-corrected chi connectivity index (χ3v) is 6.43. The first-order valence-electron chi connectivity index (χ1n) is 9.04. The van der Waals surface area contributed by atoms with Crippen LogP contribution in [0, 0.1) is 5.41 Å². The molecule has 1 aromatic carbocycles. The van der Waals surface area contributed by atoms with Gasteiger partial charge in [0.05, 0.1) is 11.5 Å². The molecule has 0 saturated carbocycles. The molecule has 0 radical (unpaired) electrons. The molecule has 2 atom stereocenters. The summed E-state index contributed by atoms with van der Waals surface area (Å²) in [5, 5.41) is 5.97. The summed E-state index contributed by atoms with van der Waals surface area (Å²) in [6.45, 7) is 7.28. The van der Waals surface area contributed by atoms with Gasteiger partial charge in [-0.3, -0.25) is 9.59 Å². The Balaban J connectivity index is 1.94. The van der Waals surface area contributed by atoms with Crippen LogP contribution in [0.1, 0.15) is 34.1 Å². The van der Waals surface area contributed by atoms with Crippen molar-refractivity contribution >= 4 is 33.0 Å². The largest absolute Gasteiger partial charge is 0.374 e. The van der Waals surface area contributed by atoms with E-state index in [1.807, 2.05) is 20.8 Å². The molecule has 2 unspecified atom stereocenters. The van der Waals surface area contributed by atoms with Crippen molar-refractivity contribution in [3.05, 3.63) is 24.3 Å². The van der Waals surface area contributed by atoms with Crippen molar-refractivity contribution in [2.24, 2.45) is 5.41 Å². The zero-order chi connectivity index (χ0) is 20.4. The van der Waals surface area contributed by atoms with E-state index in [1.54, 1.807) is 38.2 Å². The first kappa shape index (κ1) is 21.2. The summed E-state index contributed by atoms with van der Waals surface area (Å²) in [7, 11) is -1.38. The molecule has 27 heavy (non-hydrogen) atoms. The number of hydrogen-bond donors (Lipinski definition) is 2. The van der Waals surface area contributed by atoms with Gasteiger partial charge < -0.3 is 15.5 Å². The van der Waals surface area contributed by atoms with E-state index in [-0.39, 0.29) is 29.4 Å². The fourth-order valence-corrected chi connectivity index (χ4v) is 4.62. The van der Waals surface area contributed by atoms with E-state index in [9.17, 15) is 18.0 Å². The quantitative estimate of drug-likeness (QED) is 0.796. The van der Waals surface area contributed by atoms with Crippen molar-refractivity contribution in [1.29, 1.82) is 0 Å². The second kappa shape index (κ2) is 7.88. The van der Waals surface area contributed by atoms with Gasteiger partial charge in [0.1, 0.15) is 6.04 Å². The molecule has 1 heterocycles. The second-order valence-electron chi connectivity index (χ2n) is 8.15. The molecule has 150 valence electrons. The lowest BCUT2D eigenvalue weighted by molar-refractivity contribution is -0.132. The van der Waals surface area contributed by atoms with E-state index in [2.05, 4.69) is 10.6 Å². The molecule has 2 N–H and O–H groups in total. The highest BCUT2D eigenvalue weighted by molar-refractivity contribution is 7.91. The Morgan fingerprint density at radius 2 is 1.70 bits per heavy atom. The van der Waals surface area contributed by atoms with Crippen molar-refractivity contribution in [2.45, 2.75) is 46.2 Å². The van der Waals surface area contributed by atoms with E-state index in [1.165, 1.54) is 4.90 Å². The summed E-state index contributed by atoms with van der Waals surface area (Å²) in [5.74, 6) is -0.0507. The van der Waals surface area contributed by atoms with Gasteiger partial charge in [0.25, 0.3) is 0 Å². The van der Waals surface area contributed by atoms with E-state index in [0.29, 0.717) is 12.1 Å². The van der Waals surface area contributed by atoms with E-state index >= 15 is 0 Å². The normalized spacial score (nSPS) is 20.0. The van der Waals surface area contributed by atoms with E-state index < -0.39 is 21.3 Å². The fourth-order valence-electron chi connectivity index (χ4n) is 2.85. The predicted molar refractivity (Wildman–Crippen MR) is 107 cm³/mol. The summed E-state index contributed by atoms with van der Waals surface area (Å²) in [6, 6.07) is 6.38. The summed E-state index contributed by atoms with van der Waals surface area (Å²) < 4.78 is 23.2. The number of rotatable bonds is 5. The first-order chi connectivity index (χ1) is 12.4. The zero-order valence-corrected chi connectivity index (χ0v) is 17.4. The van der Waals surface area contributed by atoms with Gasteiger partial charge in [-0.25, -0.2) is 8.42 Å². The molecule has 0 aromatic heterocycles. The van der Waals surface area contributed by atoms with E-state index in [0.717, 1.165) is 5.69 Å². The molecule has 1 aliphatic heterocycles. The van der Waals surface area contributed by atoms with Crippen LogP contribution < -0.4 is 10.6 Å². The predicted octanol–water partition coefficient (Wildman–Crippen LogP) is 2.12. The molecule has 1 fully saturated rings. The molecular formula is C19H29N3O4S. The van der Waals surface area contributed by atoms with Crippen molar-refractivity contribution in [3.63, 3.8) is 0 Å². The average molecular weight is 396 g/mol. The minimum atomic E-state index is -3.03. The first-order valence-corrected chi connectivity index (χ1v) is 10.9. The molecule has 0 bridgehead atoms. The second-order valence-corrected chi connectivity index (χ2v) is 10.4. The number of benzene rings is 1. The van der Waals surface area contributed by atoms with Crippen LogP contribution in [0.4, 0.5) is 11.4 Å². The molecule has 2 amide bonds. The number of carbonyl (C=O) groups excluding carboxylic acids is 2. The number of nitrogens with zero attached hydrogens (tertiary/aromatic N) is 1. The maximum Gasteiger partial charge on any atom is 0.244 e. The molecule has 0 spiro atoms. The highest BCUT2D eigenvalue weighted by Gasteiger charge is 2.34. The number of sulfone groups is 1. The lowest BCUT2D eigenvalue weighted by atomic mass is 9.95. The summed E-state index contributed by atoms with van der Waals surface area (Å²) in [5.41, 5.74) is 0.959. The van der Waals surface area contributed by atoms with Gasteiger partial charge in [-0.2, -0.15) is 0 Å². The molecule has 1 aliphatic rings. The van der Waals surface area contributed by atoms with Crippen molar-refractivity contribution in [3.8, 4) is 0 Å². The van der Waals surface area contributed by atoms with Gasteiger partial charge >= 0.3 is 0 Å². The summed E-state index contributed by atoms with van der Waals surface area (Å²) >= 11 is 0. The Morgan fingerprint density at radius 1 is 1.15 bits per heavy atom. The molecule has 1 saturated heterocycles. The molecule has 1 aromatic rings. The molecular weight excluding hydrogens is 366 g/mol. The minimum absolute atomic E-state index is 0.0319. The van der Waals surface area contributed by atoms with Crippen LogP contribution in [-0.4, -0.2) is 55.8 Å². The number of amides is 2. The van der Waals surface area contributed by atoms with Gasteiger partial charge in [-0.1, -0.05) is 20.8 Å². The average Bonchev–Trinajstić information content (AvgIpc) is 2.94. The van der Waals surface area contributed by atoms with Gasteiger partial charge in [-0.15, -0.1) is 0 Å². The minimum Gasteiger partial charge on any atom is -0.374 e. The Kier molecular flexibility index (Phi) is 6.19. The molecule has 7 nitrogen and oxygen atoms in total. The number of anilines is 2. The van der Waals surface area contributed by atoms with Crippen LogP contribution >= 0.6 is 0 Å². The molecule has 0 aliphatic carbocycles. The van der Waals surface area contributed by atoms with Crippen LogP contribution in [0.2, 0.25) is 0 Å². The van der Waals surface area contributed by atoms with Crippen LogP contribution in [0.15, 0.2) is 24.3 Å². The highest BCUT2D eigenvalue weighted by Crippen LogP contribution is 2.21. The lowest BCUT2D eigenvalue weighted by Crippen LogP contribution is -2.45. The van der Waals surface area contributed by atoms with Gasteiger partial charge in [0, 0.05) is 29.9 Å². The van der Waals surface area contributed by atoms with Crippen LogP contribution in [-0.2, 0) is 19.4 Å². The van der Waals surface area contributed by atoms with Crippen LogP contribution in [0.5, 0.6) is 0 Å². The number of nitrogens with one attached hydrogen (secondary N) is 2. The summed E-state index contributed by atoms with van der Waals surface area (Å²) in [6.07, 6.45) is 0.486. The standard InChI is InChI=1S/C19H29N3O4S/c1-13(17(23)22(5)16-10-11-27(25,26)12-16)20-14-6-8-15(9-7-14)21-18(24)19(2,3)4/h6-9,13,16,20H,10-12H2,1-5H3,(H,21,24). The van der Waals surface area contributed by atoms with Crippen LogP contribution in [0.3, 0.4) is 0 Å². The van der Waals surface area contributed by atoms with Crippen molar-refractivity contribution in [2.75, 3.05) is 29.2 Å². The lowest BCUT2D eigenvalue weighted by Gasteiger charge is -2.27. The van der Waals surface area contributed by atoms with E-state index in [4.69, 9.17) is 0 Å². The van der Waals surface area contributed by atoms with Gasteiger partial charge in [0.15, 0.2) is 9.84 Å². The Bertz CT molecular complexity index is 797.